The van der Waals surface area contributed by atoms with Crippen LogP contribution < -0.4 is 5.76 Å². The number of nitrogens with zero attached hydrogens (tertiary/aromatic N) is 3. The highest BCUT2D eigenvalue weighted by Crippen LogP contribution is 2.20. The van der Waals surface area contributed by atoms with Crippen molar-refractivity contribution in [3.63, 3.8) is 0 Å². The molecule has 23 heavy (non-hydrogen) atoms. The lowest BCUT2D eigenvalue weighted by Crippen LogP contribution is -2.15. The van der Waals surface area contributed by atoms with Gasteiger partial charge in [0.05, 0.1) is 12.1 Å². The first-order valence-corrected chi connectivity index (χ1v) is 7.25. The first-order valence-electron chi connectivity index (χ1n) is 6.87. The van der Waals surface area contributed by atoms with Crippen LogP contribution in [-0.4, -0.2) is 14.7 Å². The van der Waals surface area contributed by atoms with Gasteiger partial charge in [0.25, 0.3) is 5.89 Å². The first kappa shape index (κ1) is 13.8. The number of benzene rings is 2. The number of hydrogen-bond donors (Lipinski definition) is 0. The molecule has 0 bridgehead atoms. The van der Waals surface area contributed by atoms with Gasteiger partial charge in [-0.3, -0.25) is 4.57 Å². The van der Waals surface area contributed by atoms with E-state index in [1.807, 2.05) is 12.1 Å². The molecule has 0 saturated carbocycles. The minimum absolute atomic E-state index is 0.174. The molecule has 0 atom stereocenters. The van der Waals surface area contributed by atoms with Crippen LogP contribution in [0.25, 0.3) is 22.6 Å². The average Bonchev–Trinajstić information content (AvgIpc) is 3.14. The van der Waals surface area contributed by atoms with Crippen LogP contribution in [0.15, 0.2) is 62.3 Å². The summed E-state index contributed by atoms with van der Waals surface area (Å²) in [7, 11) is 0. The first-order chi connectivity index (χ1) is 11.2. The third kappa shape index (κ3) is 2.53. The summed E-state index contributed by atoms with van der Waals surface area (Å²) in [5.74, 6) is 0.310. The van der Waals surface area contributed by atoms with Crippen molar-refractivity contribution in [2.45, 2.75) is 6.54 Å². The van der Waals surface area contributed by atoms with Crippen LogP contribution in [0.2, 0.25) is 5.02 Å². The lowest BCUT2D eigenvalue weighted by Gasteiger charge is -1.96. The molecular formula is C16H10ClN3O3. The highest BCUT2D eigenvalue weighted by molar-refractivity contribution is 6.30. The van der Waals surface area contributed by atoms with Crippen LogP contribution in [0.1, 0.15) is 5.82 Å². The monoisotopic (exact) mass is 327 g/mol. The minimum Gasteiger partial charge on any atom is -0.408 e. The highest BCUT2D eigenvalue weighted by atomic mass is 35.5. The van der Waals surface area contributed by atoms with E-state index in [0.29, 0.717) is 27.8 Å². The van der Waals surface area contributed by atoms with Gasteiger partial charge in [-0.1, -0.05) is 28.9 Å². The van der Waals surface area contributed by atoms with Crippen LogP contribution >= 0.6 is 11.6 Å². The molecule has 0 saturated heterocycles. The standard InChI is InChI=1S/C16H10ClN3O3/c17-11-7-5-10(6-8-11)15-18-14(19-23-15)9-20-12-3-1-2-4-13(12)22-16(20)21/h1-8H,9H2. The maximum absolute atomic E-state index is 12.0. The van der Waals surface area contributed by atoms with Crippen LogP contribution in [0, 0.1) is 0 Å². The lowest BCUT2D eigenvalue weighted by molar-refractivity contribution is 0.418. The fraction of sp³-hybridized carbons (Fsp3) is 0.0625. The van der Waals surface area contributed by atoms with Gasteiger partial charge in [-0.15, -0.1) is 0 Å². The Morgan fingerprint density at radius 2 is 1.87 bits per heavy atom. The number of halogens is 1. The van der Waals surface area contributed by atoms with Gasteiger partial charge >= 0.3 is 5.76 Å². The van der Waals surface area contributed by atoms with E-state index in [-0.39, 0.29) is 6.54 Å². The largest absolute Gasteiger partial charge is 0.420 e. The Morgan fingerprint density at radius 1 is 1.09 bits per heavy atom. The van der Waals surface area contributed by atoms with Crippen molar-refractivity contribution < 1.29 is 8.94 Å². The Morgan fingerprint density at radius 3 is 2.70 bits per heavy atom. The second kappa shape index (κ2) is 5.40. The van der Waals surface area contributed by atoms with Gasteiger partial charge in [-0.05, 0) is 36.4 Å². The summed E-state index contributed by atoms with van der Waals surface area (Å²) < 4.78 is 11.9. The second-order valence-corrected chi connectivity index (χ2v) is 5.38. The van der Waals surface area contributed by atoms with Crippen molar-refractivity contribution in [1.82, 2.24) is 14.7 Å². The number of rotatable bonds is 3. The molecular weight excluding hydrogens is 318 g/mol. The predicted octanol–water partition coefficient (Wildman–Crippen LogP) is 3.35. The molecule has 0 radical (unpaired) electrons. The number of hydrogen-bond acceptors (Lipinski definition) is 5. The Kier molecular flexibility index (Phi) is 3.24. The Bertz CT molecular complexity index is 1030. The van der Waals surface area contributed by atoms with Crippen molar-refractivity contribution in [3.8, 4) is 11.5 Å². The number of oxazole rings is 1. The predicted molar refractivity (Wildman–Crippen MR) is 84.3 cm³/mol. The zero-order valence-electron chi connectivity index (χ0n) is 11.8. The molecule has 7 heteroatoms. The van der Waals surface area contributed by atoms with E-state index in [1.165, 1.54) is 4.57 Å². The second-order valence-electron chi connectivity index (χ2n) is 4.94. The smallest absolute Gasteiger partial charge is 0.408 e. The van der Waals surface area contributed by atoms with Crippen LogP contribution in [-0.2, 0) is 6.54 Å². The molecule has 6 nitrogen and oxygen atoms in total. The molecule has 0 aliphatic carbocycles. The molecule has 0 amide bonds. The molecule has 0 unspecified atom stereocenters. The maximum Gasteiger partial charge on any atom is 0.420 e. The van der Waals surface area contributed by atoms with Gasteiger partial charge in [-0.2, -0.15) is 4.98 Å². The Balaban J connectivity index is 1.68. The summed E-state index contributed by atoms with van der Waals surface area (Å²) >= 11 is 5.86. The van der Waals surface area contributed by atoms with E-state index in [9.17, 15) is 4.79 Å². The van der Waals surface area contributed by atoms with Gasteiger partial charge in [0.2, 0.25) is 0 Å². The summed E-state index contributed by atoms with van der Waals surface area (Å²) in [6.07, 6.45) is 0. The Labute approximate surface area is 134 Å². The molecule has 0 aliphatic rings. The minimum atomic E-state index is -0.455. The van der Waals surface area contributed by atoms with E-state index in [1.54, 1.807) is 36.4 Å². The number of fused-ring (bicyclic) bond motifs is 1. The van der Waals surface area contributed by atoms with Crippen LogP contribution in [0.4, 0.5) is 0 Å². The zero-order chi connectivity index (χ0) is 15.8. The molecule has 0 spiro atoms. The van der Waals surface area contributed by atoms with Gasteiger partial charge < -0.3 is 8.94 Å². The fourth-order valence-electron chi connectivity index (χ4n) is 2.33. The summed E-state index contributed by atoms with van der Waals surface area (Å²) in [6.45, 7) is 0.174. The maximum atomic E-state index is 12.0. The highest BCUT2D eigenvalue weighted by Gasteiger charge is 2.13. The number of aromatic nitrogens is 3. The molecule has 0 N–H and O–H groups in total. The Hall–Kier alpha value is -2.86. The third-order valence-corrected chi connectivity index (χ3v) is 3.68. The van der Waals surface area contributed by atoms with Gasteiger partial charge in [0, 0.05) is 10.6 Å². The SMILES string of the molecule is O=c1oc2ccccc2n1Cc1noc(-c2ccc(Cl)cc2)n1. The van der Waals surface area contributed by atoms with E-state index in [4.69, 9.17) is 20.5 Å². The molecule has 0 aliphatic heterocycles. The normalized spacial score (nSPS) is 11.2. The summed E-state index contributed by atoms with van der Waals surface area (Å²) in [5, 5.41) is 4.55. The molecule has 2 aromatic heterocycles. The van der Waals surface area contributed by atoms with E-state index in [2.05, 4.69) is 10.1 Å². The van der Waals surface area contributed by atoms with Crippen LogP contribution in [0.3, 0.4) is 0 Å². The molecule has 2 heterocycles. The summed E-state index contributed by atoms with van der Waals surface area (Å²) in [5.41, 5.74) is 1.98. The quantitative estimate of drug-likeness (QED) is 0.577. The number of para-hydroxylation sites is 2. The van der Waals surface area contributed by atoms with Crippen molar-refractivity contribution in [1.29, 1.82) is 0 Å². The summed E-state index contributed by atoms with van der Waals surface area (Å²) in [6, 6.07) is 14.3. The zero-order valence-corrected chi connectivity index (χ0v) is 12.5. The van der Waals surface area contributed by atoms with Gasteiger partial charge in [0.1, 0.15) is 0 Å². The molecule has 4 aromatic rings. The van der Waals surface area contributed by atoms with E-state index >= 15 is 0 Å². The fourth-order valence-corrected chi connectivity index (χ4v) is 2.46. The van der Waals surface area contributed by atoms with Gasteiger partial charge in [-0.25, -0.2) is 4.79 Å². The van der Waals surface area contributed by atoms with E-state index < -0.39 is 5.76 Å². The molecule has 0 fully saturated rings. The molecule has 4 rings (SSSR count). The topological polar surface area (TPSA) is 74.1 Å². The third-order valence-electron chi connectivity index (χ3n) is 3.43. The molecule has 2 aromatic carbocycles. The van der Waals surface area contributed by atoms with Crippen molar-refractivity contribution in [2.24, 2.45) is 0 Å². The average molecular weight is 328 g/mol. The van der Waals surface area contributed by atoms with Crippen LogP contribution in [0.5, 0.6) is 0 Å². The van der Waals surface area contributed by atoms with Gasteiger partial charge in [0.15, 0.2) is 11.4 Å². The summed E-state index contributed by atoms with van der Waals surface area (Å²) in [4.78, 5) is 16.3. The molecule has 114 valence electrons. The van der Waals surface area contributed by atoms with Crippen molar-refractivity contribution in [3.05, 3.63) is 69.9 Å². The lowest BCUT2D eigenvalue weighted by atomic mass is 10.2. The van der Waals surface area contributed by atoms with Crippen molar-refractivity contribution >= 4 is 22.7 Å². The van der Waals surface area contributed by atoms with Crippen molar-refractivity contribution in [2.75, 3.05) is 0 Å². The van der Waals surface area contributed by atoms with E-state index in [0.717, 1.165) is 5.56 Å².